The summed E-state index contributed by atoms with van der Waals surface area (Å²) >= 11 is 0. The molecule has 0 bridgehead atoms. The van der Waals surface area contributed by atoms with Crippen LogP contribution in [0.1, 0.15) is 39.0 Å². The Morgan fingerprint density at radius 3 is 2.80 bits per heavy atom. The SMILES string of the molecule is CCC1(C(=O)Nc2cccc(OCCN)c2)CCCC1. The van der Waals surface area contributed by atoms with Gasteiger partial charge in [0.25, 0.3) is 0 Å². The third kappa shape index (κ3) is 3.31. The van der Waals surface area contributed by atoms with Crippen LogP contribution in [0.5, 0.6) is 5.75 Å². The molecule has 1 fully saturated rings. The maximum atomic E-state index is 12.5. The van der Waals surface area contributed by atoms with E-state index in [1.807, 2.05) is 24.3 Å². The number of hydrogen-bond donors (Lipinski definition) is 2. The molecule has 0 aliphatic heterocycles. The molecule has 1 saturated carbocycles. The van der Waals surface area contributed by atoms with Crippen molar-refractivity contribution < 1.29 is 9.53 Å². The zero-order chi connectivity index (χ0) is 14.4. The first-order valence-corrected chi connectivity index (χ1v) is 7.44. The topological polar surface area (TPSA) is 64.3 Å². The van der Waals surface area contributed by atoms with Crippen molar-refractivity contribution in [1.82, 2.24) is 0 Å². The Kier molecular flexibility index (Phi) is 5.01. The molecule has 2 rings (SSSR count). The average Bonchev–Trinajstić information content (AvgIpc) is 2.95. The van der Waals surface area contributed by atoms with Crippen LogP contribution in [0.3, 0.4) is 0 Å². The van der Waals surface area contributed by atoms with Crippen molar-refractivity contribution in [3.05, 3.63) is 24.3 Å². The molecule has 0 aromatic heterocycles. The summed E-state index contributed by atoms with van der Waals surface area (Å²) in [6.45, 7) is 3.07. The first-order valence-electron chi connectivity index (χ1n) is 7.44. The summed E-state index contributed by atoms with van der Waals surface area (Å²) in [6.07, 6.45) is 5.21. The van der Waals surface area contributed by atoms with E-state index in [9.17, 15) is 4.79 Å². The third-order valence-corrected chi connectivity index (χ3v) is 4.20. The normalized spacial score (nSPS) is 16.9. The Hall–Kier alpha value is -1.55. The summed E-state index contributed by atoms with van der Waals surface area (Å²) in [4.78, 5) is 12.5. The monoisotopic (exact) mass is 276 g/mol. The van der Waals surface area contributed by atoms with Gasteiger partial charge in [-0.05, 0) is 31.4 Å². The van der Waals surface area contributed by atoms with Crippen LogP contribution in [-0.4, -0.2) is 19.1 Å². The number of amides is 1. The second-order valence-corrected chi connectivity index (χ2v) is 5.46. The van der Waals surface area contributed by atoms with Gasteiger partial charge in [0.1, 0.15) is 12.4 Å². The van der Waals surface area contributed by atoms with Gasteiger partial charge in [-0.2, -0.15) is 0 Å². The van der Waals surface area contributed by atoms with Gasteiger partial charge in [0.15, 0.2) is 0 Å². The lowest BCUT2D eigenvalue weighted by Gasteiger charge is -2.26. The highest BCUT2D eigenvalue weighted by Crippen LogP contribution is 2.41. The molecular weight excluding hydrogens is 252 g/mol. The molecule has 0 heterocycles. The van der Waals surface area contributed by atoms with Crippen LogP contribution in [0.2, 0.25) is 0 Å². The minimum Gasteiger partial charge on any atom is -0.492 e. The number of carbonyl (C=O) groups is 1. The molecule has 3 N–H and O–H groups in total. The lowest BCUT2D eigenvalue weighted by molar-refractivity contribution is -0.125. The summed E-state index contributed by atoms with van der Waals surface area (Å²) in [5.41, 5.74) is 6.04. The Balaban J connectivity index is 2.03. The second-order valence-electron chi connectivity index (χ2n) is 5.46. The molecule has 110 valence electrons. The number of anilines is 1. The fourth-order valence-electron chi connectivity index (χ4n) is 2.90. The summed E-state index contributed by atoms with van der Waals surface area (Å²) in [6, 6.07) is 7.50. The third-order valence-electron chi connectivity index (χ3n) is 4.20. The summed E-state index contributed by atoms with van der Waals surface area (Å²) in [7, 11) is 0. The van der Waals surface area contributed by atoms with E-state index in [4.69, 9.17) is 10.5 Å². The first-order chi connectivity index (χ1) is 9.70. The predicted molar refractivity (Wildman–Crippen MR) is 80.8 cm³/mol. The standard InChI is InChI=1S/C16H24N2O2/c1-2-16(8-3-4-9-16)15(19)18-13-6-5-7-14(12-13)20-11-10-17/h5-7,12H,2-4,8-11,17H2,1H3,(H,18,19). The first kappa shape index (κ1) is 14.9. The van der Waals surface area contributed by atoms with Crippen molar-refractivity contribution in [2.24, 2.45) is 11.1 Å². The molecule has 1 amide bonds. The highest BCUT2D eigenvalue weighted by molar-refractivity contribution is 5.95. The number of ether oxygens (including phenoxy) is 1. The van der Waals surface area contributed by atoms with E-state index in [1.54, 1.807) is 0 Å². The molecular formula is C16H24N2O2. The van der Waals surface area contributed by atoms with E-state index in [0.717, 1.165) is 43.5 Å². The number of benzene rings is 1. The minimum absolute atomic E-state index is 0.147. The second kappa shape index (κ2) is 6.75. The number of carbonyl (C=O) groups excluding carboxylic acids is 1. The Morgan fingerprint density at radius 2 is 2.15 bits per heavy atom. The van der Waals surface area contributed by atoms with Crippen LogP contribution >= 0.6 is 0 Å². The van der Waals surface area contributed by atoms with E-state index in [1.165, 1.54) is 0 Å². The number of hydrogen-bond acceptors (Lipinski definition) is 3. The quantitative estimate of drug-likeness (QED) is 0.839. The fraction of sp³-hybridized carbons (Fsp3) is 0.562. The van der Waals surface area contributed by atoms with Gasteiger partial charge in [0.2, 0.25) is 5.91 Å². The smallest absolute Gasteiger partial charge is 0.230 e. The minimum atomic E-state index is -0.172. The van der Waals surface area contributed by atoms with Crippen molar-refractivity contribution in [3.8, 4) is 5.75 Å². The molecule has 4 heteroatoms. The molecule has 20 heavy (non-hydrogen) atoms. The number of nitrogens with one attached hydrogen (secondary N) is 1. The molecule has 1 aromatic rings. The molecule has 0 saturated heterocycles. The van der Waals surface area contributed by atoms with Crippen molar-refractivity contribution >= 4 is 11.6 Å². The molecule has 0 atom stereocenters. The zero-order valence-corrected chi connectivity index (χ0v) is 12.2. The van der Waals surface area contributed by atoms with Gasteiger partial charge in [-0.1, -0.05) is 25.8 Å². The summed E-state index contributed by atoms with van der Waals surface area (Å²) in [5, 5.41) is 3.04. The van der Waals surface area contributed by atoms with E-state index >= 15 is 0 Å². The van der Waals surface area contributed by atoms with Gasteiger partial charge in [-0.15, -0.1) is 0 Å². The zero-order valence-electron chi connectivity index (χ0n) is 12.2. The van der Waals surface area contributed by atoms with Crippen molar-refractivity contribution in [2.75, 3.05) is 18.5 Å². The van der Waals surface area contributed by atoms with Crippen molar-refractivity contribution in [3.63, 3.8) is 0 Å². The van der Waals surface area contributed by atoms with Gasteiger partial charge in [0, 0.05) is 23.7 Å². The predicted octanol–water partition coefficient (Wildman–Crippen LogP) is 2.93. The lowest BCUT2D eigenvalue weighted by Crippen LogP contribution is -2.33. The van der Waals surface area contributed by atoms with Crippen LogP contribution in [0.25, 0.3) is 0 Å². The van der Waals surface area contributed by atoms with E-state index in [0.29, 0.717) is 13.2 Å². The van der Waals surface area contributed by atoms with Crippen molar-refractivity contribution in [2.45, 2.75) is 39.0 Å². The molecule has 0 radical (unpaired) electrons. The van der Waals surface area contributed by atoms with Crippen molar-refractivity contribution in [1.29, 1.82) is 0 Å². The molecule has 1 aromatic carbocycles. The molecule has 0 unspecified atom stereocenters. The Morgan fingerprint density at radius 1 is 1.40 bits per heavy atom. The Bertz CT molecular complexity index is 454. The average molecular weight is 276 g/mol. The van der Waals surface area contributed by atoms with Gasteiger partial charge in [-0.25, -0.2) is 0 Å². The Labute approximate surface area is 120 Å². The highest BCUT2D eigenvalue weighted by Gasteiger charge is 2.39. The van der Waals surface area contributed by atoms with Crippen LogP contribution in [-0.2, 0) is 4.79 Å². The molecule has 1 aliphatic carbocycles. The summed E-state index contributed by atoms with van der Waals surface area (Å²) < 4.78 is 5.48. The van der Waals surface area contributed by atoms with Gasteiger partial charge >= 0.3 is 0 Å². The van der Waals surface area contributed by atoms with Crippen LogP contribution in [0.4, 0.5) is 5.69 Å². The lowest BCUT2D eigenvalue weighted by atomic mass is 9.82. The molecule has 1 aliphatic rings. The fourth-order valence-corrected chi connectivity index (χ4v) is 2.90. The summed E-state index contributed by atoms with van der Waals surface area (Å²) in [5.74, 6) is 0.888. The maximum absolute atomic E-state index is 12.5. The van der Waals surface area contributed by atoms with Crippen LogP contribution in [0, 0.1) is 5.41 Å². The molecule has 4 nitrogen and oxygen atoms in total. The van der Waals surface area contributed by atoms with E-state index in [-0.39, 0.29) is 11.3 Å². The highest BCUT2D eigenvalue weighted by atomic mass is 16.5. The largest absolute Gasteiger partial charge is 0.492 e. The number of rotatable bonds is 6. The van der Waals surface area contributed by atoms with Gasteiger partial charge < -0.3 is 15.8 Å². The van der Waals surface area contributed by atoms with Crippen LogP contribution < -0.4 is 15.8 Å². The van der Waals surface area contributed by atoms with E-state index < -0.39 is 0 Å². The maximum Gasteiger partial charge on any atom is 0.230 e. The van der Waals surface area contributed by atoms with Crippen LogP contribution in [0.15, 0.2) is 24.3 Å². The van der Waals surface area contributed by atoms with Gasteiger partial charge in [-0.3, -0.25) is 4.79 Å². The van der Waals surface area contributed by atoms with Gasteiger partial charge in [0.05, 0.1) is 0 Å². The number of nitrogens with two attached hydrogens (primary N) is 1. The van der Waals surface area contributed by atoms with E-state index in [2.05, 4.69) is 12.2 Å². The molecule has 0 spiro atoms.